The maximum atomic E-state index is 12.6. The van der Waals surface area contributed by atoms with Crippen LogP contribution in [0.15, 0.2) is 70.5 Å². The molecule has 0 bridgehead atoms. The van der Waals surface area contributed by atoms with Gasteiger partial charge in [-0.1, -0.05) is 54.6 Å². The van der Waals surface area contributed by atoms with Crippen molar-refractivity contribution in [1.82, 2.24) is 24.0 Å². The van der Waals surface area contributed by atoms with Crippen LogP contribution in [0.4, 0.5) is 0 Å². The van der Waals surface area contributed by atoms with E-state index in [9.17, 15) is 14.4 Å². The Labute approximate surface area is 178 Å². The topological polar surface area (TPSA) is 90.9 Å². The van der Waals surface area contributed by atoms with Crippen LogP contribution in [-0.2, 0) is 25.4 Å². The molecule has 1 unspecified atom stereocenters. The Morgan fingerprint density at radius 3 is 2.29 bits per heavy atom. The number of aromatic nitrogens is 4. The molecule has 4 rings (SSSR count). The van der Waals surface area contributed by atoms with Crippen molar-refractivity contribution >= 4 is 17.1 Å². The molecule has 1 atom stereocenters. The van der Waals surface area contributed by atoms with Crippen molar-refractivity contribution < 1.29 is 4.79 Å². The quantitative estimate of drug-likeness (QED) is 0.538. The van der Waals surface area contributed by atoms with Gasteiger partial charge in [0.15, 0.2) is 11.2 Å². The minimum atomic E-state index is -0.479. The molecule has 158 valence electrons. The summed E-state index contributed by atoms with van der Waals surface area (Å²) < 4.78 is 3.77. The van der Waals surface area contributed by atoms with Crippen LogP contribution in [0.5, 0.6) is 0 Å². The first-order chi connectivity index (χ1) is 14.9. The molecule has 1 amide bonds. The van der Waals surface area contributed by atoms with E-state index in [1.807, 2.05) is 49.4 Å². The number of carbonyl (C=O) groups is 1. The van der Waals surface area contributed by atoms with Crippen molar-refractivity contribution in [3.8, 4) is 11.1 Å². The molecule has 2 aromatic carbocycles. The van der Waals surface area contributed by atoms with Gasteiger partial charge in [0, 0.05) is 14.1 Å². The van der Waals surface area contributed by atoms with E-state index in [-0.39, 0.29) is 29.7 Å². The lowest BCUT2D eigenvalue weighted by molar-refractivity contribution is -0.122. The van der Waals surface area contributed by atoms with Gasteiger partial charge in [-0.2, -0.15) is 0 Å². The van der Waals surface area contributed by atoms with Gasteiger partial charge in [0.05, 0.1) is 12.4 Å². The highest BCUT2D eigenvalue weighted by atomic mass is 16.2. The molecule has 0 aliphatic rings. The molecule has 2 heterocycles. The molecular weight excluding hydrogens is 394 g/mol. The fraction of sp³-hybridized carbons (Fsp3) is 0.217. The van der Waals surface area contributed by atoms with Crippen LogP contribution in [0, 0.1) is 0 Å². The van der Waals surface area contributed by atoms with E-state index in [2.05, 4.69) is 22.4 Å². The molecule has 8 nitrogen and oxygen atoms in total. The number of rotatable bonds is 5. The van der Waals surface area contributed by atoms with Crippen molar-refractivity contribution in [2.45, 2.75) is 19.5 Å². The summed E-state index contributed by atoms with van der Waals surface area (Å²) in [7, 11) is 2.95. The molecule has 4 aromatic rings. The van der Waals surface area contributed by atoms with E-state index in [1.54, 1.807) is 7.05 Å². The van der Waals surface area contributed by atoms with Gasteiger partial charge in [-0.25, -0.2) is 9.78 Å². The Morgan fingerprint density at radius 2 is 1.61 bits per heavy atom. The molecule has 0 radical (unpaired) electrons. The van der Waals surface area contributed by atoms with Crippen molar-refractivity contribution in [3.63, 3.8) is 0 Å². The first-order valence-electron chi connectivity index (χ1n) is 9.92. The molecule has 0 spiro atoms. The number of benzene rings is 2. The summed E-state index contributed by atoms with van der Waals surface area (Å²) >= 11 is 0. The van der Waals surface area contributed by atoms with Crippen LogP contribution in [0.3, 0.4) is 0 Å². The molecule has 0 aliphatic heterocycles. The minimum absolute atomic E-state index is 0.0730. The fourth-order valence-corrected chi connectivity index (χ4v) is 3.64. The Morgan fingerprint density at radius 1 is 0.968 bits per heavy atom. The van der Waals surface area contributed by atoms with E-state index in [0.29, 0.717) is 0 Å². The Hall–Kier alpha value is -3.94. The van der Waals surface area contributed by atoms with Gasteiger partial charge in [-0.3, -0.25) is 18.7 Å². The first kappa shape index (κ1) is 20.3. The molecule has 1 N–H and O–H groups in total. The number of hydrogen-bond donors (Lipinski definition) is 1. The van der Waals surface area contributed by atoms with Crippen LogP contribution >= 0.6 is 0 Å². The second-order valence-electron chi connectivity index (χ2n) is 7.53. The van der Waals surface area contributed by atoms with Crippen LogP contribution in [0.2, 0.25) is 0 Å². The summed E-state index contributed by atoms with van der Waals surface area (Å²) in [6.07, 6.45) is 1.41. The largest absolute Gasteiger partial charge is 0.348 e. The third-order valence-corrected chi connectivity index (χ3v) is 5.43. The third-order valence-electron chi connectivity index (χ3n) is 5.43. The van der Waals surface area contributed by atoms with E-state index in [4.69, 9.17) is 0 Å². The second kappa shape index (κ2) is 8.06. The summed E-state index contributed by atoms with van der Waals surface area (Å²) in [5.74, 6) is -0.255. The summed E-state index contributed by atoms with van der Waals surface area (Å²) in [6.45, 7) is 1.83. The van der Waals surface area contributed by atoms with E-state index >= 15 is 0 Å². The number of amides is 1. The number of nitrogens with zero attached hydrogens (tertiary/aromatic N) is 4. The van der Waals surface area contributed by atoms with Crippen molar-refractivity contribution in [2.24, 2.45) is 14.1 Å². The lowest BCUT2D eigenvalue weighted by atomic mass is 10.0. The van der Waals surface area contributed by atoms with Crippen molar-refractivity contribution in [2.75, 3.05) is 0 Å². The highest BCUT2D eigenvalue weighted by molar-refractivity contribution is 5.79. The normalized spacial score (nSPS) is 12.1. The minimum Gasteiger partial charge on any atom is -0.348 e. The zero-order valence-corrected chi connectivity index (χ0v) is 17.6. The smallest absolute Gasteiger partial charge is 0.332 e. The first-order valence-corrected chi connectivity index (χ1v) is 9.92. The van der Waals surface area contributed by atoms with E-state index < -0.39 is 11.2 Å². The van der Waals surface area contributed by atoms with Crippen LogP contribution in [0.25, 0.3) is 22.3 Å². The van der Waals surface area contributed by atoms with Crippen molar-refractivity contribution in [3.05, 3.63) is 87.3 Å². The molecule has 31 heavy (non-hydrogen) atoms. The van der Waals surface area contributed by atoms with Gasteiger partial charge < -0.3 is 9.88 Å². The van der Waals surface area contributed by atoms with E-state index in [0.717, 1.165) is 21.3 Å². The maximum Gasteiger partial charge on any atom is 0.332 e. The summed E-state index contributed by atoms with van der Waals surface area (Å²) in [4.78, 5) is 41.3. The number of fused-ring (bicyclic) bond motifs is 1. The SMILES string of the molecule is CC(NC(=O)Cn1cnc2c1c(=O)n(C)c(=O)n2C)c1ccc(-c2ccccc2)cc1. The molecule has 0 aliphatic carbocycles. The fourth-order valence-electron chi connectivity index (χ4n) is 3.64. The molecule has 8 heteroatoms. The molecular formula is C23H23N5O3. The standard InChI is InChI=1S/C23H23N5O3/c1-15(16-9-11-18(12-10-16)17-7-5-4-6-8-17)25-19(29)13-28-14-24-21-20(28)22(30)27(3)23(31)26(21)2/h4-12,14-15H,13H2,1-3H3,(H,25,29). The number of nitrogens with one attached hydrogen (secondary N) is 1. The van der Waals surface area contributed by atoms with Gasteiger partial charge in [0.2, 0.25) is 5.91 Å². The van der Waals surface area contributed by atoms with Crippen molar-refractivity contribution in [1.29, 1.82) is 0 Å². The monoisotopic (exact) mass is 417 g/mol. The zero-order chi connectivity index (χ0) is 22.1. The third kappa shape index (κ3) is 3.79. The predicted molar refractivity (Wildman–Crippen MR) is 119 cm³/mol. The van der Waals surface area contributed by atoms with E-state index in [1.165, 1.54) is 22.5 Å². The van der Waals surface area contributed by atoms with Crippen LogP contribution < -0.4 is 16.6 Å². The molecule has 2 aromatic heterocycles. The average molecular weight is 417 g/mol. The molecule has 0 saturated carbocycles. The predicted octanol–water partition coefficient (Wildman–Crippen LogP) is 1.98. The van der Waals surface area contributed by atoms with Gasteiger partial charge in [-0.05, 0) is 23.6 Å². The Bertz CT molecular complexity index is 1360. The second-order valence-corrected chi connectivity index (χ2v) is 7.53. The van der Waals surface area contributed by atoms with Gasteiger partial charge in [-0.15, -0.1) is 0 Å². The number of hydrogen-bond acceptors (Lipinski definition) is 4. The lowest BCUT2D eigenvalue weighted by Crippen LogP contribution is -2.38. The Balaban J connectivity index is 1.50. The maximum absolute atomic E-state index is 12.6. The number of imidazole rings is 1. The molecule has 0 fully saturated rings. The number of aryl methyl sites for hydroxylation is 1. The van der Waals surface area contributed by atoms with Crippen LogP contribution in [0.1, 0.15) is 18.5 Å². The summed E-state index contributed by atoms with van der Waals surface area (Å²) in [6, 6.07) is 17.9. The summed E-state index contributed by atoms with van der Waals surface area (Å²) in [5.41, 5.74) is 2.75. The van der Waals surface area contributed by atoms with Crippen LogP contribution in [-0.4, -0.2) is 24.6 Å². The lowest BCUT2D eigenvalue weighted by Gasteiger charge is -2.15. The summed E-state index contributed by atoms with van der Waals surface area (Å²) in [5, 5.41) is 2.95. The highest BCUT2D eigenvalue weighted by Crippen LogP contribution is 2.21. The van der Waals surface area contributed by atoms with Gasteiger partial charge >= 0.3 is 5.69 Å². The van der Waals surface area contributed by atoms with Gasteiger partial charge in [0.1, 0.15) is 6.54 Å². The molecule has 0 saturated heterocycles. The zero-order valence-electron chi connectivity index (χ0n) is 17.6. The number of carbonyl (C=O) groups excluding carboxylic acids is 1. The Kier molecular flexibility index (Phi) is 5.29. The highest BCUT2D eigenvalue weighted by Gasteiger charge is 2.17. The average Bonchev–Trinajstić information content (AvgIpc) is 3.20. The van der Waals surface area contributed by atoms with Gasteiger partial charge in [0.25, 0.3) is 5.56 Å².